The Bertz CT molecular complexity index is 862. The molecule has 2 N–H and O–H groups in total. The zero-order valence-corrected chi connectivity index (χ0v) is 15.8. The van der Waals surface area contributed by atoms with Crippen LogP contribution in [-0.2, 0) is 16.8 Å². The molecule has 0 saturated carbocycles. The number of benzene rings is 1. The van der Waals surface area contributed by atoms with Gasteiger partial charge in [-0.1, -0.05) is 44.2 Å². The van der Waals surface area contributed by atoms with Crippen LogP contribution in [0.3, 0.4) is 0 Å². The standard InChI is InChI=1S/C19H21N3O3S/c1-4-14-12(3)11-15(26-14)16(23)21-22-17(24)19(5-2,20-18(22)25)13-9-7-6-8-10-13/h6-11H,4-5H2,1-3H3,(H,20,25)(H,21,23)/t19-/m1/s1. The van der Waals surface area contributed by atoms with Crippen molar-refractivity contribution in [3.05, 3.63) is 57.3 Å². The highest BCUT2D eigenvalue weighted by Gasteiger charge is 2.52. The van der Waals surface area contributed by atoms with Gasteiger partial charge in [0.05, 0.1) is 4.88 Å². The number of rotatable bonds is 5. The normalized spacial score (nSPS) is 19.6. The lowest BCUT2D eigenvalue weighted by Crippen LogP contribution is -2.48. The van der Waals surface area contributed by atoms with E-state index in [9.17, 15) is 14.4 Å². The molecule has 26 heavy (non-hydrogen) atoms. The van der Waals surface area contributed by atoms with Crippen LogP contribution in [0.2, 0.25) is 0 Å². The Kier molecular flexibility index (Phi) is 4.82. The van der Waals surface area contributed by atoms with Gasteiger partial charge in [-0.15, -0.1) is 11.3 Å². The molecule has 0 spiro atoms. The van der Waals surface area contributed by atoms with E-state index in [1.165, 1.54) is 11.3 Å². The predicted octanol–water partition coefficient (Wildman–Crippen LogP) is 3.12. The van der Waals surface area contributed by atoms with Crippen LogP contribution in [0.25, 0.3) is 0 Å². The molecule has 1 atom stereocenters. The highest BCUT2D eigenvalue weighted by atomic mass is 32.1. The lowest BCUT2D eigenvalue weighted by Gasteiger charge is -2.25. The fraction of sp³-hybridized carbons (Fsp3) is 0.316. The summed E-state index contributed by atoms with van der Waals surface area (Å²) in [4.78, 5) is 39.5. The number of carbonyl (C=O) groups excluding carboxylic acids is 3. The van der Waals surface area contributed by atoms with Gasteiger partial charge in [0, 0.05) is 4.88 Å². The Morgan fingerprint density at radius 2 is 1.92 bits per heavy atom. The first-order valence-corrected chi connectivity index (χ1v) is 9.37. The largest absolute Gasteiger partial charge is 0.344 e. The van der Waals surface area contributed by atoms with E-state index in [0.29, 0.717) is 16.9 Å². The molecule has 1 aliphatic rings. The smallest absolute Gasteiger partial charge is 0.318 e. The van der Waals surface area contributed by atoms with Gasteiger partial charge in [0.15, 0.2) is 0 Å². The van der Waals surface area contributed by atoms with Gasteiger partial charge < -0.3 is 5.32 Å². The van der Waals surface area contributed by atoms with Gasteiger partial charge in [0.1, 0.15) is 5.54 Å². The van der Waals surface area contributed by atoms with Crippen LogP contribution in [0, 0.1) is 6.92 Å². The van der Waals surface area contributed by atoms with Crippen molar-refractivity contribution >= 4 is 29.2 Å². The molecule has 0 aliphatic carbocycles. The van der Waals surface area contributed by atoms with E-state index in [2.05, 4.69) is 10.7 Å². The molecule has 7 heteroatoms. The summed E-state index contributed by atoms with van der Waals surface area (Å²) in [5.74, 6) is -0.935. The Hall–Kier alpha value is -2.67. The molecular weight excluding hydrogens is 350 g/mol. The van der Waals surface area contributed by atoms with Crippen LogP contribution in [0.15, 0.2) is 36.4 Å². The predicted molar refractivity (Wildman–Crippen MR) is 99.7 cm³/mol. The molecule has 136 valence electrons. The van der Waals surface area contributed by atoms with Crippen LogP contribution in [0.5, 0.6) is 0 Å². The zero-order valence-electron chi connectivity index (χ0n) is 15.0. The number of hydrogen-bond acceptors (Lipinski definition) is 4. The van der Waals surface area contributed by atoms with Crippen molar-refractivity contribution in [2.45, 2.75) is 39.2 Å². The SMILES string of the molecule is CCc1sc(C(=O)NN2C(=O)N[C@](CC)(c3ccccc3)C2=O)cc1C. The average Bonchev–Trinajstić information content (AvgIpc) is 3.15. The number of nitrogens with one attached hydrogen (secondary N) is 2. The summed E-state index contributed by atoms with van der Waals surface area (Å²) in [6.45, 7) is 5.79. The first-order valence-electron chi connectivity index (χ1n) is 8.55. The van der Waals surface area contributed by atoms with Crippen LogP contribution in [-0.4, -0.2) is 22.9 Å². The molecule has 0 radical (unpaired) electrons. The monoisotopic (exact) mass is 371 g/mol. The van der Waals surface area contributed by atoms with Crippen LogP contribution in [0.1, 0.15) is 45.9 Å². The van der Waals surface area contributed by atoms with E-state index >= 15 is 0 Å². The first-order chi connectivity index (χ1) is 12.4. The van der Waals surface area contributed by atoms with Gasteiger partial charge in [0.2, 0.25) is 0 Å². The quantitative estimate of drug-likeness (QED) is 0.793. The molecule has 1 aromatic heterocycles. The van der Waals surface area contributed by atoms with Gasteiger partial charge in [0.25, 0.3) is 11.8 Å². The molecule has 3 rings (SSSR count). The molecule has 6 nitrogen and oxygen atoms in total. The molecular formula is C19H21N3O3S. The lowest BCUT2D eigenvalue weighted by molar-refractivity contribution is -0.133. The van der Waals surface area contributed by atoms with Crippen molar-refractivity contribution in [1.82, 2.24) is 15.8 Å². The fourth-order valence-corrected chi connectivity index (χ4v) is 4.18. The third-order valence-electron chi connectivity index (χ3n) is 4.67. The van der Waals surface area contributed by atoms with Crippen molar-refractivity contribution in [3.8, 4) is 0 Å². The second kappa shape index (κ2) is 6.92. The van der Waals surface area contributed by atoms with Gasteiger partial charge in [-0.25, -0.2) is 4.79 Å². The Morgan fingerprint density at radius 1 is 1.23 bits per heavy atom. The van der Waals surface area contributed by atoms with Crippen molar-refractivity contribution < 1.29 is 14.4 Å². The number of nitrogens with zero attached hydrogens (tertiary/aromatic N) is 1. The van der Waals surface area contributed by atoms with Crippen LogP contribution in [0.4, 0.5) is 4.79 Å². The molecule has 1 aromatic carbocycles. The van der Waals surface area contributed by atoms with Crippen molar-refractivity contribution in [2.24, 2.45) is 0 Å². The first kappa shape index (κ1) is 18.1. The molecule has 1 fully saturated rings. The third kappa shape index (κ3) is 2.88. The molecule has 0 unspecified atom stereocenters. The second-order valence-corrected chi connectivity index (χ2v) is 7.34. The minimum atomic E-state index is -1.16. The zero-order chi connectivity index (χ0) is 18.9. The van der Waals surface area contributed by atoms with Gasteiger partial charge in [-0.3, -0.25) is 15.0 Å². The fourth-order valence-electron chi connectivity index (χ4n) is 3.18. The molecule has 1 aliphatic heterocycles. The van der Waals surface area contributed by atoms with Gasteiger partial charge in [-0.2, -0.15) is 5.01 Å². The minimum absolute atomic E-state index is 0.381. The molecule has 1 saturated heterocycles. The van der Waals surface area contributed by atoms with E-state index in [0.717, 1.165) is 21.9 Å². The Morgan fingerprint density at radius 3 is 2.50 bits per heavy atom. The highest BCUT2D eigenvalue weighted by molar-refractivity contribution is 7.14. The van der Waals surface area contributed by atoms with Crippen molar-refractivity contribution in [2.75, 3.05) is 0 Å². The van der Waals surface area contributed by atoms with Crippen LogP contribution >= 0.6 is 11.3 Å². The van der Waals surface area contributed by atoms with Crippen molar-refractivity contribution in [1.29, 1.82) is 0 Å². The summed E-state index contributed by atoms with van der Waals surface area (Å²) in [6.07, 6.45) is 1.21. The van der Waals surface area contributed by atoms with E-state index in [1.54, 1.807) is 18.2 Å². The van der Waals surface area contributed by atoms with E-state index in [1.807, 2.05) is 39.0 Å². The minimum Gasteiger partial charge on any atom is -0.318 e. The third-order valence-corrected chi connectivity index (χ3v) is 6.05. The summed E-state index contributed by atoms with van der Waals surface area (Å²) >= 11 is 1.37. The maximum Gasteiger partial charge on any atom is 0.344 e. The summed E-state index contributed by atoms with van der Waals surface area (Å²) in [5.41, 5.74) is 3.03. The number of urea groups is 1. The number of aryl methyl sites for hydroxylation is 2. The number of hydrazine groups is 1. The number of amides is 4. The number of imide groups is 1. The van der Waals surface area contributed by atoms with E-state index < -0.39 is 23.4 Å². The topological polar surface area (TPSA) is 78.5 Å². The summed E-state index contributed by atoms with van der Waals surface area (Å²) in [5, 5.41) is 3.54. The van der Waals surface area contributed by atoms with Crippen molar-refractivity contribution in [3.63, 3.8) is 0 Å². The van der Waals surface area contributed by atoms with Crippen LogP contribution < -0.4 is 10.7 Å². The highest BCUT2D eigenvalue weighted by Crippen LogP contribution is 2.31. The molecule has 2 aromatic rings. The van der Waals surface area contributed by atoms with Gasteiger partial charge in [-0.05, 0) is 37.0 Å². The maximum absolute atomic E-state index is 13.0. The van der Waals surface area contributed by atoms with Gasteiger partial charge >= 0.3 is 6.03 Å². The summed E-state index contributed by atoms with van der Waals surface area (Å²) < 4.78 is 0. The summed E-state index contributed by atoms with van der Waals surface area (Å²) in [7, 11) is 0. The van der Waals surface area contributed by atoms with E-state index in [-0.39, 0.29) is 0 Å². The molecule has 2 heterocycles. The van der Waals surface area contributed by atoms with E-state index in [4.69, 9.17) is 0 Å². The number of carbonyl (C=O) groups is 3. The lowest BCUT2D eigenvalue weighted by atomic mass is 9.87. The molecule has 4 amide bonds. The summed E-state index contributed by atoms with van der Waals surface area (Å²) in [6, 6.07) is 10.2. The second-order valence-electron chi connectivity index (χ2n) is 6.21. The Labute approximate surface area is 156 Å². The average molecular weight is 371 g/mol. The number of hydrogen-bond donors (Lipinski definition) is 2. The molecule has 0 bridgehead atoms. The Balaban J connectivity index is 1.86. The maximum atomic E-state index is 13.0. The number of thiophene rings is 1.